The van der Waals surface area contributed by atoms with Crippen LogP contribution >= 0.6 is 23.2 Å². The maximum Gasteiger partial charge on any atom is 0.336 e. The van der Waals surface area contributed by atoms with Crippen molar-refractivity contribution >= 4 is 35.1 Å². The maximum absolute atomic E-state index is 12.2. The lowest BCUT2D eigenvalue weighted by Gasteiger charge is -2.30. The van der Waals surface area contributed by atoms with E-state index in [1.807, 2.05) is 0 Å². The summed E-state index contributed by atoms with van der Waals surface area (Å²) in [5, 5.41) is 13.0. The van der Waals surface area contributed by atoms with Crippen LogP contribution in [0.2, 0.25) is 10.0 Å². The number of halogens is 2. The van der Waals surface area contributed by atoms with Gasteiger partial charge in [-0.05, 0) is 25.5 Å². The SMILES string of the molecule is COC(=O)C1=C(C)NC(C)=C(C(=O)O)C1c1cccc(Cl)c1Cl. The number of carbonyl (C=O) groups is 2. The number of benzene rings is 1. The van der Waals surface area contributed by atoms with E-state index in [-0.39, 0.29) is 21.2 Å². The van der Waals surface area contributed by atoms with Gasteiger partial charge in [-0.25, -0.2) is 9.59 Å². The van der Waals surface area contributed by atoms with Crippen molar-refractivity contribution in [2.45, 2.75) is 19.8 Å². The van der Waals surface area contributed by atoms with E-state index in [0.717, 1.165) is 0 Å². The highest BCUT2D eigenvalue weighted by Gasteiger charge is 2.38. The van der Waals surface area contributed by atoms with Gasteiger partial charge in [0.05, 0.1) is 34.2 Å². The predicted molar refractivity (Wildman–Crippen MR) is 87.4 cm³/mol. The van der Waals surface area contributed by atoms with E-state index in [0.29, 0.717) is 17.0 Å². The summed E-state index contributed by atoms with van der Waals surface area (Å²) >= 11 is 12.3. The molecule has 0 bridgehead atoms. The van der Waals surface area contributed by atoms with Crippen LogP contribution in [0.15, 0.2) is 40.7 Å². The highest BCUT2D eigenvalue weighted by atomic mass is 35.5. The van der Waals surface area contributed by atoms with Crippen LogP contribution in [-0.4, -0.2) is 24.2 Å². The number of hydrogen-bond acceptors (Lipinski definition) is 4. The van der Waals surface area contributed by atoms with Crippen molar-refractivity contribution in [3.05, 3.63) is 56.3 Å². The number of hydrogen-bond donors (Lipinski definition) is 2. The molecule has 1 aromatic rings. The number of nitrogens with one attached hydrogen (secondary N) is 1. The lowest BCUT2D eigenvalue weighted by atomic mass is 9.80. The fourth-order valence-electron chi connectivity index (χ4n) is 2.71. The topological polar surface area (TPSA) is 75.6 Å². The third kappa shape index (κ3) is 3.07. The number of esters is 1. The summed E-state index contributed by atoms with van der Waals surface area (Å²) in [7, 11) is 1.24. The molecule has 122 valence electrons. The Balaban J connectivity index is 2.77. The van der Waals surface area contributed by atoms with Gasteiger partial charge in [0.15, 0.2) is 0 Å². The quantitative estimate of drug-likeness (QED) is 0.811. The number of methoxy groups -OCH3 is 1. The van der Waals surface area contributed by atoms with Gasteiger partial charge in [0.2, 0.25) is 0 Å². The Morgan fingerprint density at radius 3 is 2.35 bits per heavy atom. The predicted octanol–water partition coefficient (Wildman–Crippen LogP) is 3.49. The Hall–Kier alpha value is -1.98. The summed E-state index contributed by atoms with van der Waals surface area (Å²) in [6, 6.07) is 4.90. The number of carboxylic acids is 1. The highest BCUT2D eigenvalue weighted by molar-refractivity contribution is 6.42. The minimum Gasteiger partial charge on any atom is -0.478 e. The normalized spacial score (nSPS) is 17.9. The molecule has 0 amide bonds. The zero-order valence-electron chi connectivity index (χ0n) is 12.7. The standard InChI is InChI=1S/C16H15Cl2NO4/c1-7-11(15(20)21)13(9-5-4-6-10(17)14(9)18)12(8(2)19-7)16(22)23-3/h4-6,13,19H,1-3H3,(H,20,21). The van der Waals surface area contributed by atoms with Crippen LogP contribution in [0.3, 0.4) is 0 Å². The summed E-state index contributed by atoms with van der Waals surface area (Å²) in [4.78, 5) is 24.0. The van der Waals surface area contributed by atoms with E-state index >= 15 is 0 Å². The second-order valence-electron chi connectivity index (χ2n) is 5.08. The van der Waals surface area contributed by atoms with Crippen LogP contribution in [-0.2, 0) is 14.3 Å². The van der Waals surface area contributed by atoms with Crippen molar-refractivity contribution in [3.63, 3.8) is 0 Å². The van der Waals surface area contributed by atoms with Gasteiger partial charge in [-0.15, -0.1) is 0 Å². The third-order valence-electron chi connectivity index (χ3n) is 3.69. The summed E-state index contributed by atoms with van der Waals surface area (Å²) in [5.74, 6) is -2.64. The molecule has 2 N–H and O–H groups in total. The highest BCUT2D eigenvalue weighted by Crippen LogP contribution is 2.42. The molecule has 0 saturated carbocycles. The summed E-state index contributed by atoms with van der Waals surface area (Å²) in [5.41, 5.74) is 1.61. The zero-order chi connectivity index (χ0) is 17.3. The zero-order valence-corrected chi connectivity index (χ0v) is 14.2. The Kier molecular flexibility index (Phi) is 5.02. The van der Waals surface area contributed by atoms with Crippen molar-refractivity contribution < 1.29 is 19.4 Å². The van der Waals surface area contributed by atoms with Gasteiger partial charge in [-0.1, -0.05) is 35.3 Å². The van der Waals surface area contributed by atoms with Crippen molar-refractivity contribution in [2.75, 3.05) is 7.11 Å². The maximum atomic E-state index is 12.2. The van der Waals surface area contributed by atoms with Gasteiger partial charge in [-0.2, -0.15) is 0 Å². The average Bonchev–Trinajstić information content (AvgIpc) is 2.48. The van der Waals surface area contributed by atoms with Crippen molar-refractivity contribution in [2.24, 2.45) is 0 Å². The molecule has 0 spiro atoms. The lowest BCUT2D eigenvalue weighted by molar-refractivity contribution is -0.136. The van der Waals surface area contributed by atoms with Gasteiger partial charge in [-0.3, -0.25) is 0 Å². The molecule has 2 rings (SSSR count). The van der Waals surface area contributed by atoms with Crippen LogP contribution in [0, 0.1) is 0 Å². The first-order valence-corrected chi connectivity index (χ1v) is 7.49. The molecule has 0 radical (unpaired) electrons. The number of ether oxygens (including phenoxy) is 1. The molecule has 0 aliphatic carbocycles. The van der Waals surface area contributed by atoms with Crippen LogP contribution in [0.4, 0.5) is 0 Å². The Morgan fingerprint density at radius 1 is 1.17 bits per heavy atom. The molecule has 0 saturated heterocycles. The molecule has 1 heterocycles. The Labute approximate surface area is 143 Å². The monoisotopic (exact) mass is 355 g/mol. The third-order valence-corrected chi connectivity index (χ3v) is 4.52. The largest absolute Gasteiger partial charge is 0.478 e. The van der Waals surface area contributed by atoms with E-state index in [2.05, 4.69) is 5.32 Å². The van der Waals surface area contributed by atoms with Gasteiger partial charge < -0.3 is 15.2 Å². The van der Waals surface area contributed by atoms with Crippen molar-refractivity contribution in [3.8, 4) is 0 Å². The molecule has 0 fully saturated rings. The van der Waals surface area contributed by atoms with E-state index in [4.69, 9.17) is 27.9 Å². The second-order valence-corrected chi connectivity index (χ2v) is 5.86. The average molecular weight is 356 g/mol. The number of dihydropyridines is 1. The molecule has 1 aliphatic heterocycles. The van der Waals surface area contributed by atoms with E-state index < -0.39 is 17.9 Å². The summed E-state index contributed by atoms with van der Waals surface area (Å²) in [6.07, 6.45) is 0. The van der Waals surface area contributed by atoms with E-state index in [1.54, 1.807) is 32.0 Å². The molecule has 1 aliphatic rings. The first-order valence-electron chi connectivity index (χ1n) is 6.73. The number of aliphatic carboxylic acids is 1. The van der Waals surface area contributed by atoms with E-state index in [1.165, 1.54) is 7.11 Å². The first kappa shape index (κ1) is 17.4. The molecular formula is C16H15Cl2NO4. The molecule has 7 heteroatoms. The van der Waals surface area contributed by atoms with Crippen LogP contribution < -0.4 is 5.32 Å². The molecule has 1 aromatic carbocycles. The molecular weight excluding hydrogens is 341 g/mol. The number of allylic oxidation sites excluding steroid dienone is 2. The fraction of sp³-hybridized carbons (Fsp3) is 0.250. The minimum atomic E-state index is -1.15. The Bertz CT molecular complexity index is 752. The second kappa shape index (κ2) is 6.64. The van der Waals surface area contributed by atoms with E-state index in [9.17, 15) is 14.7 Å². The van der Waals surface area contributed by atoms with Gasteiger partial charge in [0, 0.05) is 11.4 Å². The Morgan fingerprint density at radius 2 is 1.78 bits per heavy atom. The van der Waals surface area contributed by atoms with Gasteiger partial charge in [0.25, 0.3) is 0 Å². The van der Waals surface area contributed by atoms with Gasteiger partial charge in [0.1, 0.15) is 0 Å². The first-order chi connectivity index (χ1) is 10.8. The minimum absolute atomic E-state index is 0.0279. The lowest BCUT2D eigenvalue weighted by Crippen LogP contribution is -2.31. The molecule has 1 unspecified atom stereocenters. The van der Waals surface area contributed by atoms with Crippen LogP contribution in [0.1, 0.15) is 25.3 Å². The van der Waals surface area contributed by atoms with Crippen molar-refractivity contribution in [1.82, 2.24) is 5.32 Å². The smallest absolute Gasteiger partial charge is 0.336 e. The van der Waals surface area contributed by atoms with Crippen molar-refractivity contribution in [1.29, 1.82) is 0 Å². The summed E-state index contributed by atoms with van der Waals surface area (Å²) in [6.45, 7) is 3.31. The summed E-state index contributed by atoms with van der Waals surface area (Å²) < 4.78 is 4.82. The number of carboxylic acid groups (broad SMARTS) is 1. The van der Waals surface area contributed by atoms with Crippen LogP contribution in [0.5, 0.6) is 0 Å². The molecule has 0 aromatic heterocycles. The van der Waals surface area contributed by atoms with Gasteiger partial charge >= 0.3 is 11.9 Å². The van der Waals surface area contributed by atoms with Crippen LogP contribution in [0.25, 0.3) is 0 Å². The fourth-order valence-corrected chi connectivity index (χ4v) is 3.13. The molecule has 1 atom stereocenters. The molecule has 5 nitrogen and oxygen atoms in total. The number of rotatable bonds is 3. The number of carbonyl (C=O) groups excluding carboxylic acids is 1. The molecule has 23 heavy (non-hydrogen) atoms.